The highest BCUT2D eigenvalue weighted by molar-refractivity contribution is 7.87. The first-order chi connectivity index (χ1) is 9.92. The van der Waals surface area contributed by atoms with Gasteiger partial charge >= 0.3 is 5.97 Å². The van der Waals surface area contributed by atoms with Gasteiger partial charge in [0.25, 0.3) is 10.2 Å². The Morgan fingerprint density at radius 3 is 2.76 bits per heavy atom. The fraction of sp³-hybridized carbons (Fsp3) is 0.462. The van der Waals surface area contributed by atoms with Crippen LogP contribution >= 0.6 is 11.6 Å². The Bertz CT molecular complexity index is 620. The average Bonchev–Trinajstić information content (AvgIpc) is 2.46. The molecule has 21 heavy (non-hydrogen) atoms. The number of halogens is 1. The molecule has 1 unspecified atom stereocenters. The summed E-state index contributed by atoms with van der Waals surface area (Å²) in [4.78, 5) is 11.2. The minimum Gasteiger partial charge on any atom is -0.480 e. The topological polar surface area (TPSA) is 86.7 Å². The molecule has 6 nitrogen and oxygen atoms in total. The molecular weight excluding hydrogens is 316 g/mol. The normalized spacial score (nSPS) is 20.3. The van der Waals surface area contributed by atoms with Crippen LogP contribution in [0.3, 0.4) is 0 Å². The van der Waals surface area contributed by atoms with Crippen LogP contribution < -0.4 is 4.72 Å². The molecule has 0 spiro atoms. The first kappa shape index (κ1) is 16.2. The maximum Gasteiger partial charge on any atom is 0.322 e. The molecule has 1 aliphatic rings. The van der Waals surface area contributed by atoms with Gasteiger partial charge in [-0.1, -0.05) is 29.8 Å². The molecule has 0 saturated carbocycles. The van der Waals surface area contributed by atoms with Gasteiger partial charge in [0.2, 0.25) is 0 Å². The zero-order valence-electron chi connectivity index (χ0n) is 11.3. The molecule has 8 heteroatoms. The van der Waals surface area contributed by atoms with Gasteiger partial charge in [0.1, 0.15) is 6.04 Å². The Labute approximate surface area is 128 Å². The SMILES string of the molecule is O=C(O)C1CCCCN1S(=O)(=O)NCc1ccccc1Cl. The van der Waals surface area contributed by atoms with Crippen molar-refractivity contribution in [2.45, 2.75) is 31.8 Å². The summed E-state index contributed by atoms with van der Waals surface area (Å²) in [5.74, 6) is -1.11. The Kier molecular flexibility index (Phi) is 5.21. The van der Waals surface area contributed by atoms with Crippen LogP contribution in [0.2, 0.25) is 5.02 Å². The molecule has 1 aromatic carbocycles. The van der Waals surface area contributed by atoms with Gasteiger partial charge in [0, 0.05) is 18.1 Å². The quantitative estimate of drug-likeness (QED) is 0.857. The summed E-state index contributed by atoms with van der Waals surface area (Å²) in [5, 5.41) is 9.61. The van der Waals surface area contributed by atoms with E-state index in [4.69, 9.17) is 16.7 Å². The van der Waals surface area contributed by atoms with Crippen molar-refractivity contribution in [2.75, 3.05) is 6.54 Å². The number of benzene rings is 1. The summed E-state index contributed by atoms with van der Waals surface area (Å²) < 4.78 is 28.0. The first-order valence-corrected chi connectivity index (χ1v) is 8.46. The highest BCUT2D eigenvalue weighted by Crippen LogP contribution is 2.21. The van der Waals surface area contributed by atoms with E-state index in [9.17, 15) is 13.2 Å². The van der Waals surface area contributed by atoms with Crippen LogP contribution in [0.1, 0.15) is 24.8 Å². The van der Waals surface area contributed by atoms with Crippen molar-refractivity contribution in [1.82, 2.24) is 9.03 Å². The molecule has 1 aliphatic heterocycles. The monoisotopic (exact) mass is 332 g/mol. The van der Waals surface area contributed by atoms with E-state index in [2.05, 4.69) is 4.72 Å². The maximum absolute atomic E-state index is 12.3. The molecule has 2 N–H and O–H groups in total. The van der Waals surface area contributed by atoms with Crippen LogP contribution in [0.15, 0.2) is 24.3 Å². The van der Waals surface area contributed by atoms with Gasteiger partial charge in [-0.25, -0.2) is 0 Å². The number of hydrogen-bond donors (Lipinski definition) is 2. The fourth-order valence-electron chi connectivity index (χ4n) is 2.33. The predicted octanol–water partition coefficient (Wildman–Crippen LogP) is 1.61. The molecular formula is C13H17ClN2O4S. The molecule has 0 bridgehead atoms. The zero-order valence-corrected chi connectivity index (χ0v) is 12.9. The van der Waals surface area contributed by atoms with Crippen LogP contribution in [0.5, 0.6) is 0 Å². The maximum atomic E-state index is 12.3. The lowest BCUT2D eigenvalue weighted by Gasteiger charge is -2.31. The third kappa shape index (κ3) is 3.94. The lowest BCUT2D eigenvalue weighted by molar-refractivity contribution is -0.142. The second-order valence-electron chi connectivity index (χ2n) is 4.88. The van der Waals surface area contributed by atoms with Gasteiger partial charge in [-0.15, -0.1) is 0 Å². The molecule has 0 aliphatic carbocycles. The number of carbonyl (C=O) groups is 1. The number of nitrogens with zero attached hydrogens (tertiary/aromatic N) is 1. The summed E-state index contributed by atoms with van der Waals surface area (Å²) in [5.41, 5.74) is 0.645. The van der Waals surface area contributed by atoms with Crippen LogP contribution in [-0.2, 0) is 21.5 Å². The van der Waals surface area contributed by atoms with Crippen molar-refractivity contribution in [1.29, 1.82) is 0 Å². The number of hydrogen-bond acceptors (Lipinski definition) is 3. The minimum absolute atomic E-state index is 0.0326. The predicted molar refractivity (Wildman–Crippen MR) is 79.2 cm³/mol. The molecule has 1 heterocycles. The van der Waals surface area contributed by atoms with Gasteiger partial charge < -0.3 is 5.11 Å². The van der Waals surface area contributed by atoms with E-state index in [0.717, 1.165) is 4.31 Å². The first-order valence-electron chi connectivity index (χ1n) is 6.64. The van der Waals surface area contributed by atoms with Gasteiger partial charge in [-0.2, -0.15) is 17.4 Å². The molecule has 0 amide bonds. The number of carboxylic acid groups (broad SMARTS) is 1. The molecule has 0 aromatic heterocycles. The van der Waals surface area contributed by atoms with Crippen LogP contribution in [0.4, 0.5) is 0 Å². The Morgan fingerprint density at radius 2 is 2.10 bits per heavy atom. The lowest BCUT2D eigenvalue weighted by atomic mass is 10.1. The second kappa shape index (κ2) is 6.74. The summed E-state index contributed by atoms with van der Waals surface area (Å²) >= 11 is 5.98. The van der Waals surface area contributed by atoms with E-state index in [1.54, 1.807) is 24.3 Å². The zero-order chi connectivity index (χ0) is 15.5. The Morgan fingerprint density at radius 1 is 1.38 bits per heavy atom. The van der Waals surface area contributed by atoms with E-state index in [1.807, 2.05) is 0 Å². The highest BCUT2D eigenvalue weighted by Gasteiger charge is 2.36. The number of carboxylic acids is 1. The van der Waals surface area contributed by atoms with Crippen LogP contribution in [-0.4, -0.2) is 36.4 Å². The molecule has 1 fully saturated rings. The molecule has 1 saturated heterocycles. The fourth-order valence-corrected chi connectivity index (χ4v) is 3.94. The van der Waals surface area contributed by atoms with Gasteiger partial charge in [-0.05, 0) is 30.9 Å². The summed E-state index contributed by atoms with van der Waals surface area (Å²) in [6.45, 7) is 0.250. The van der Waals surface area contributed by atoms with Gasteiger partial charge in [-0.3, -0.25) is 4.79 Å². The van der Waals surface area contributed by atoms with E-state index in [0.29, 0.717) is 29.8 Å². The number of aliphatic carboxylic acids is 1. The Balaban J connectivity index is 2.10. The number of rotatable bonds is 5. The molecule has 1 atom stereocenters. The smallest absolute Gasteiger partial charge is 0.322 e. The second-order valence-corrected chi connectivity index (χ2v) is 6.99. The van der Waals surface area contributed by atoms with E-state index in [1.165, 1.54) is 0 Å². The Hall–Kier alpha value is -1.15. The molecule has 1 aromatic rings. The standard InChI is InChI=1S/C13H17ClN2O4S/c14-11-6-2-1-5-10(11)9-15-21(19,20)16-8-4-3-7-12(16)13(17)18/h1-2,5-6,12,15H,3-4,7-9H2,(H,17,18). The van der Waals surface area contributed by atoms with Crippen molar-refractivity contribution in [3.63, 3.8) is 0 Å². The van der Waals surface area contributed by atoms with Crippen molar-refractivity contribution in [3.05, 3.63) is 34.9 Å². The van der Waals surface area contributed by atoms with Gasteiger partial charge in [0.15, 0.2) is 0 Å². The van der Waals surface area contributed by atoms with Crippen molar-refractivity contribution >= 4 is 27.8 Å². The third-order valence-electron chi connectivity index (χ3n) is 3.45. The molecule has 2 rings (SSSR count). The van der Waals surface area contributed by atoms with Gasteiger partial charge in [0.05, 0.1) is 0 Å². The lowest BCUT2D eigenvalue weighted by Crippen LogP contribution is -2.51. The summed E-state index contributed by atoms with van der Waals surface area (Å²) in [6, 6.07) is 5.91. The van der Waals surface area contributed by atoms with E-state index >= 15 is 0 Å². The van der Waals surface area contributed by atoms with E-state index in [-0.39, 0.29) is 13.1 Å². The largest absolute Gasteiger partial charge is 0.480 e. The third-order valence-corrected chi connectivity index (χ3v) is 5.38. The number of nitrogens with one attached hydrogen (secondary N) is 1. The van der Waals surface area contributed by atoms with Crippen LogP contribution in [0.25, 0.3) is 0 Å². The van der Waals surface area contributed by atoms with Crippen LogP contribution in [0, 0.1) is 0 Å². The van der Waals surface area contributed by atoms with Crippen molar-refractivity contribution in [3.8, 4) is 0 Å². The highest BCUT2D eigenvalue weighted by atomic mass is 35.5. The molecule has 0 radical (unpaired) electrons. The van der Waals surface area contributed by atoms with Crippen molar-refractivity contribution in [2.24, 2.45) is 0 Å². The molecule has 116 valence electrons. The minimum atomic E-state index is -3.85. The van der Waals surface area contributed by atoms with E-state index < -0.39 is 22.2 Å². The van der Waals surface area contributed by atoms with Crippen molar-refractivity contribution < 1.29 is 18.3 Å². The summed E-state index contributed by atoms with van der Waals surface area (Å²) in [6.07, 6.45) is 1.71. The number of piperidine rings is 1. The summed E-state index contributed by atoms with van der Waals surface area (Å²) in [7, 11) is -3.85. The average molecular weight is 333 g/mol.